The maximum Gasteiger partial charge on any atom is 0.332 e. The van der Waals surface area contributed by atoms with Gasteiger partial charge in [-0.25, -0.2) is 4.79 Å². The Labute approximate surface area is 137 Å². The van der Waals surface area contributed by atoms with Gasteiger partial charge in [-0.15, -0.1) is 0 Å². The first kappa shape index (κ1) is 17.5. The fraction of sp³-hybridized carbons (Fsp3) is 0.556. The number of aliphatic carboxylic acids is 1. The van der Waals surface area contributed by atoms with E-state index in [1.54, 1.807) is 11.9 Å². The van der Waals surface area contributed by atoms with Gasteiger partial charge in [0, 0.05) is 13.1 Å². The highest BCUT2D eigenvalue weighted by molar-refractivity contribution is 5.82. The van der Waals surface area contributed by atoms with Crippen LogP contribution in [0.4, 0.5) is 0 Å². The third kappa shape index (κ3) is 4.32. The fourth-order valence-electron chi connectivity index (χ4n) is 2.96. The second kappa shape index (κ2) is 7.59. The van der Waals surface area contributed by atoms with Crippen molar-refractivity contribution in [2.45, 2.75) is 57.8 Å². The van der Waals surface area contributed by atoms with E-state index in [0.29, 0.717) is 12.8 Å². The van der Waals surface area contributed by atoms with Crippen LogP contribution in [0.3, 0.4) is 0 Å². The normalized spacial score (nSPS) is 21.9. The van der Waals surface area contributed by atoms with E-state index >= 15 is 0 Å². The van der Waals surface area contributed by atoms with Crippen molar-refractivity contribution in [3.05, 3.63) is 35.4 Å². The molecular formula is C18H25NO4. The molecule has 1 N–H and O–H groups in total. The molecule has 0 bridgehead atoms. The Morgan fingerprint density at radius 2 is 1.87 bits per heavy atom. The highest BCUT2D eigenvalue weighted by Crippen LogP contribution is 2.23. The summed E-state index contributed by atoms with van der Waals surface area (Å²) in [6.45, 7) is 4.10. The van der Waals surface area contributed by atoms with Crippen LogP contribution in [0.2, 0.25) is 0 Å². The summed E-state index contributed by atoms with van der Waals surface area (Å²) in [5.41, 5.74) is 2.41. The lowest BCUT2D eigenvalue weighted by Crippen LogP contribution is -2.44. The van der Waals surface area contributed by atoms with E-state index < -0.39 is 18.2 Å². The molecule has 1 aromatic rings. The van der Waals surface area contributed by atoms with Crippen molar-refractivity contribution in [2.24, 2.45) is 0 Å². The molecule has 126 valence electrons. The van der Waals surface area contributed by atoms with Crippen molar-refractivity contribution in [1.29, 1.82) is 0 Å². The second-order valence-corrected chi connectivity index (χ2v) is 6.23. The Balaban J connectivity index is 1.98. The van der Waals surface area contributed by atoms with Gasteiger partial charge in [-0.2, -0.15) is 0 Å². The lowest BCUT2D eigenvalue weighted by atomic mass is 10.0. The minimum absolute atomic E-state index is 0.0812. The van der Waals surface area contributed by atoms with Crippen LogP contribution in [-0.4, -0.2) is 47.2 Å². The van der Waals surface area contributed by atoms with Gasteiger partial charge >= 0.3 is 5.97 Å². The van der Waals surface area contributed by atoms with Crippen molar-refractivity contribution in [1.82, 2.24) is 4.90 Å². The molecule has 0 aliphatic carbocycles. The van der Waals surface area contributed by atoms with E-state index in [1.165, 1.54) is 11.1 Å². The molecule has 1 heterocycles. The Morgan fingerprint density at radius 1 is 1.26 bits per heavy atom. The number of carbonyl (C=O) groups excluding carboxylic acids is 1. The van der Waals surface area contributed by atoms with Gasteiger partial charge in [0.05, 0.1) is 0 Å². The number of aryl methyl sites for hydroxylation is 1. The maximum absolute atomic E-state index is 12.6. The molecule has 2 rings (SSSR count). The van der Waals surface area contributed by atoms with Gasteiger partial charge in [0.2, 0.25) is 0 Å². The van der Waals surface area contributed by atoms with Crippen LogP contribution >= 0.6 is 0 Å². The zero-order chi connectivity index (χ0) is 17.0. The van der Waals surface area contributed by atoms with E-state index in [-0.39, 0.29) is 11.9 Å². The topological polar surface area (TPSA) is 66.8 Å². The van der Waals surface area contributed by atoms with E-state index in [1.807, 2.05) is 6.92 Å². The number of hydrogen-bond acceptors (Lipinski definition) is 3. The standard InChI is InChI=1S/C18H25NO4/c1-4-14(11-13-7-5-12(2)6-8-13)19(3)17(20)15-9-10-16(23-15)18(21)22/h5-8,14-16H,4,9-11H2,1-3H3,(H,21,22)/t14?,15-,16+/m0/s1. The minimum atomic E-state index is -0.991. The molecule has 1 aromatic carbocycles. The number of benzene rings is 1. The molecule has 5 nitrogen and oxygen atoms in total. The van der Waals surface area contributed by atoms with Crippen LogP contribution < -0.4 is 0 Å². The highest BCUT2D eigenvalue weighted by atomic mass is 16.5. The number of nitrogens with zero attached hydrogens (tertiary/aromatic N) is 1. The van der Waals surface area contributed by atoms with Gasteiger partial charge < -0.3 is 14.7 Å². The molecule has 23 heavy (non-hydrogen) atoms. The van der Waals surface area contributed by atoms with Gasteiger partial charge in [-0.05, 0) is 38.2 Å². The van der Waals surface area contributed by atoms with Crippen LogP contribution in [-0.2, 0) is 20.7 Å². The van der Waals surface area contributed by atoms with Crippen LogP contribution in [0, 0.1) is 6.92 Å². The Bertz CT molecular complexity index is 555. The number of likely N-dealkylation sites (N-methyl/N-ethyl adjacent to an activating group) is 1. The van der Waals surface area contributed by atoms with Gasteiger partial charge in [0.25, 0.3) is 5.91 Å². The molecule has 1 saturated heterocycles. The Morgan fingerprint density at radius 3 is 2.39 bits per heavy atom. The molecule has 1 aliphatic rings. The summed E-state index contributed by atoms with van der Waals surface area (Å²) in [4.78, 5) is 25.2. The van der Waals surface area contributed by atoms with Crippen LogP contribution in [0.15, 0.2) is 24.3 Å². The van der Waals surface area contributed by atoms with Gasteiger partial charge in [0.1, 0.15) is 6.10 Å². The molecule has 3 atom stereocenters. The minimum Gasteiger partial charge on any atom is -0.479 e. The molecule has 0 saturated carbocycles. The quantitative estimate of drug-likeness (QED) is 0.874. The monoisotopic (exact) mass is 319 g/mol. The summed E-state index contributed by atoms with van der Waals surface area (Å²) in [5, 5.41) is 8.97. The maximum atomic E-state index is 12.6. The molecule has 1 aliphatic heterocycles. The van der Waals surface area contributed by atoms with Crippen LogP contribution in [0.5, 0.6) is 0 Å². The largest absolute Gasteiger partial charge is 0.479 e. The van der Waals surface area contributed by atoms with Crippen molar-refractivity contribution in [3.63, 3.8) is 0 Å². The highest BCUT2D eigenvalue weighted by Gasteiger charge is 2.37. The number of carbonyl (C=O) groups is 2. The Kier molecular flexibility index (Phi) is 5.77. The molecule has 1 unspecified atom stereocenters. The molecule has 0 aromatic heterocycles. The number of carboxylic acid groups (broad SMARTS) is 1. The number of ether oxygens (including phenoxy) is 1. The summed E-state index contributed by atoms with van der Waals surface area (Å²) in [7, 11) is 1.78. The average molecular weight is 319 g/mol. The van der Waals surface area contributed by atoms with Crippen molar-refractivity contribution in [2.75, 3.05) is 7.05 Å². The molecule has 1 amide bonds. The van der Waals surface area contributed by atoms with Gasteiger partial charge in [-0.1, -0.05) is 36.8 Å². The smallest absolute Gasteiger partial charge is 0.332 e. The van der Waals surface area contributed by atoms with E-state index in [9.17, 15) is 9.59 Å². The van der Waals surface area contributed by atoms with Crippen molar-refractivity contribution in [3.8, 4) is 0 Å². The number of hydrogen-bond donors (Lipinski definition) is 1. The lowest BCUT2D eigenvalue weighted by Gasteiger charge is -2.29. The van der Waals surface area contributed by atoms with Crippen LogP contribution in [0.25, 0.3) is 0 Å². The Hall–Kier alpha value is -1.88. The first-order chi connectivity index (χ1) is 10.9. The van der Waals surface area contributed by atoms with Crippen molar-refractivity contribution < 1.29 is 19.4 Å². The van der Waals surface area contributed by atoms with Crippen molar-refractivity contribution >= 4 is 11.9 Å². The van der Waals surface area contributed by atoms with E-state index in [4.69, 9.17) is 9.84 Å². The molecule has 1 fully saturated rings. The molecule has 0 spiro atoms. The van der Waals surface area contributed by atoms with Gasteiger partial charge in [-0.3, -0.25) is 4.79 Å². The molecular weight excluding hydrogens is 294 g/mol. The summed E-state index contributed by atoms with van der Waals surface area (Å²) >= 11 is 0. The van der Waals surface area contributed by atoms with Gasteiger partial charge in [0.15, 0.2) is 6.10 Å². The predicted molar refractivity (Wildman–Crippen MR) is 87.3 cm³/mol. The lowest BCUT2D eigenvalue weighted by molar-refractivity contribution is -0.155. The summed E-state index contributed by atoms with van der Waals surface area (Å²) < 4.78 is 5.38. The predicted octanol–water partition coefficient (Wildman–Crippen LogP) is 2.41. The number of amides is 1. The summed E-state index contributed by atoms with van der Waals surface area (Å²) in [6.07, 6.45) is 1.01. The number of carboxylic acids is 1. The first-order valence-corrected chi connectivity index (χ1v) is 8.12. The first-order valence-electron chi connectivity index (χ1n) is 8.12. The number of rotatable bonds is 6. The second-order valence-electron chi connectivity index (χ2n) is 6.23. The average Bonchev–Trinajstić information content (AvgIpc) is 3.03. The zero-order valence-corrected chi connectivity index (χ0v) is 14.0. The van der Waals surface area contributed by atoms with E-state index in [2.05, 4.69) is 31.2 Å². The third-order valence-corrected chi connectivity index (χ3v) is 4.53. The summed E-state index contributed by atoms with van der Waals surface area (Å²) in [5.74, 6) is -1.11. The molecule has 5 heteroatoms. The van der Waals surface area contributed by atoms with Crippen LogP contribution in [0.1, 0.15) is 37.3 Å². The molecule has 0 radical (unpaired) electrons. The fourth-order valence-corrected chi connectivity index (χ4v) is 2.96. The zero-order valence-electron chi connectivity index (χ0n) is 14.0. The third-order valence-electron chi connectivity index (χ3n) is 4.53. The summed E-state index contributed by atoms with van der Waals surface area (Å²) in [6, 6.07) is 8.40. The van der Waals surface area contributed by atoms with E-state index in [0.717, 1.165) is 12.8 Å². The SMILES string of the molecule is CCC(Cc1ccc(C)cc1)N(C)C(=O)[C@@H]1CC[C@H](C(=O)O)O1.